The third kappa shape index (κ3) is 3.64. The Labute approximate surface area is 129 Å². The molecule has 20 heavy (non-hydrogen) atoms. The van der Waals surface area contributed by atoms with Crippen molar-refractivity contribution in [1.82, 2.24) is 10.2 Å². The van der Waals surface area contributed by atoms with Crippen molar-refractivity contribution in [3.8, 4) is 5.75 Å². The molecule has 0 aromatic heterocycles. The number of nitrogens with one attached hydrogen (secondary N) is 1. The van der Waals surface area contributed by atoms with Crippen LogP contribution >= 0.6 is 23.2 Å². The van der Waals surface area contributed by atoms with Gasteiger partial charge in [-0.15, -0.1) is 0 Å². The zero-order chi connectivity index (χ0) is 14.5. The quantitative estimate of drug-likeness (QED) is 0.847. The largest absolute Gasteiger partial charge is 0.495 e. The maximum atomic E-state index is 12.2. The van der Waals surface area contributed by atoms with Crippen molar-refractivity contribution in [2.45, 2.75) is 6.42 Å². The number of benzene rings is 1. The number of rotatable bonds is 5. The lowest BCUT2D eigenvalue weighted by molar-refractivity contribution is 0.0961. The molecule has 2 rings (SSSR count). The predicted molar refractivity (Wildman–Crippen MR) is 81.3 cm³/mol. The zero-order valence-electron chi connectivity index (χ0n) is 11.4. The number of nitrogens with zero attached hydrogens (tertiary/aromatic N) is 1. The summed E-state index contributed by atoms with van der Waals surface area (Å²) in [7, 11) is 1.52. The van der Waals surface area contributed by atoms with E-state index in [1.54, 1.807) is 12.1 Å². The molecule has 0 radical (unpaired) electrons. The highest BCUT2D eigenvalue weighted by molar-refractivity contribution is 6.44. The third-order valence-corrected chi connectivity index (χ3v) is 4.30. The molecule has 0 unspecified atom stereocenters. The number of halogens is 2. The number of methoxy groups -OCH3 is 1. The Balaban J connectivity index is 2.00. The van der Waals surface area contributed by atoms with Gasteiger partial charge in [-0.2, -0.15) is 0 Å². The van der Waals surface area contributed by atoms with Gasteiger partial charge in [-0.1, -0.05) is 23.2 Å². The molecule has 1 aromatic rings. The summed E-state index contributed by atoms with van der Waals surface area (Å²) in [6.45, 7) is 4.65. The molecule has 0 bridgehead atoms. The van der Waals surface area contributed by atoms with Gasteiger partial charge in [0.2, 0.25) is 0 Å². The van der Waals surface area contributed by atoms with E-state index in [2.05, 4.69) is 10.2 Å². The lowest BCUT2D eigenvalue weighted by atomic mass is 10.1. The number of carbonyl (C=O) groups excluding carboxylic acids is 1. The fraction of sp³-hybridized carbons (Fsp3) is 0.500. The van der Waals surface area contributed by atoms with Gasteiger partial charge in [-0.3, -0.25) is 4.79 Å². The van der Waals surface area contributed by atoms with Gasteiger partial charge in [-0.25, -0.2) is 0 Å². The Bertz CT molecular complexity index is 488. The van der Waals surface area contributed by atoms with E-state index in [0.717, 1.165) is 32.7 Å². The standard InChI is InChI=1S/C14H18Cl2N2O2/c1-20-12-3-2-10(13(15)14(12)16)11(19)4-7-18-8-5-17-6-9-18/h2-3,17H,4-9H2,1H3. The third-order valence-electron chi connectivity index (χ3n) is 3.43. The second-order valence-corrected chi connectivity index (χ2v) is 5.46. The molecule has 0 aliphatic carbocycles. The summed E-state index contributed by atoms with van der Waals surface area (Å²) >= 11 is 12.2. The number of hydrogen-bond acceptors (Lipinski definition) is 4. The molecule has 1 aliphatic heterocycles. The minimum absolute atomic E-state index is 0.0121. The summed E-state index contributed by atoms with van der Waals surface area (Å²) in [4.78, 5) is 14.5. The van der Waals surface area contributed by atoms with Gasteiger partial charge in [0.15, 0.2) is 5.78 Å². The van der Waals surface area contributed by atoms with E-state index in [4.69, 9.17) is 27.9 Å². The molecule has 110 valence electrons. The number of piperazine rings is 1. The Morgan fingerprint density at radius 2 is 2.00 bits per heavy atom. The molecule has 0 spiro atoms. The van der Waals surface area contributed by atoms with Crippen molar-refractivity contribution in [3.63, 3.8) is 0 Å². The number of ether oxygens (including phenoxy) is 1. The van der Waals surface area contributed by atoms with Crippen LogP contribution in [0.25, 0.3) is 0 Å². The average molecular weight is 317 g/mol. The molecule has 0 atom stereocenters. The predicted octanol–water partition coefficient (Wildman–Crippen LogP) is 2.48. The van der Waals surface area contributed by atoms with Crippen LogP contribution in [0.15, 0.2) is 12.1 Å². The molecular weight excluding hydrogens is 299 g/mol. The summed E-state index contributed by atoms with van der Waals surface area (Å²) in [6, 6.07) is 3.35. The molecule has 1 aromatic carbocycles. The van der Waals surface area contributed by atoms with Gasteiger partial charge in [0.25, 0.3) is 0 Å². The van der Waals surface area contributed by atoms with E-state index in [0.29, 0.717) is 22.8 Å². The first-order valence-corrected chi connectivity index (χ1v) is 7.37. The van der Waals surface area contributed by atoms with Gasteiger partial charge >= 0.3 is 0 Å². The molecular formula is C14H18Cl2N2O2. The second-order valence-electron chi connectivity index (χ2n) is 4.71. The van der Waals surface area contributed by atoms with E-state index in [-0.39, 0.29) is 10.8 Å². The smallest absolute Gasteiger partial charge is 0.165 e. The summed E-state index contributed by atoms with van der Waals surface area (Å²) in [6.07, 6.45) is 0.447. The Morgan fingerprint density at radius 1 is 1.30 bits per heavy atom. The Kier molecular flexibility index (Phi) is 5.66. The minimum Gasteiger partial charge on any atom is -0.495 e. The van der Waals surface area contributed by atoms with Gasteiger partial charge in [0.1, 0.15) is 10.8 Å². The summed E-state index contributed by atoms with van der Waals surface area (Å²) in [5.41, 5.74) is 0.465. The van der Waals surface area contributed by atoms with Crippen LogP contribution in [0.4, 0.5) is 0 Å². The highest BCUT2D eigenvalue weighted by Gasteiger charge is 2.17. The maximum absolute atomic E-state index is 12.2. The van der Waals surface area contributed by atoms with Crippen LogP contribution in [-0.4, -0.2) is 50.5 Å². The van der Waals surface area contributed by atoms with E-state index in [9.17, 15) is 4.79 Å². The molecule has 1 fully saturated rings. The normalized spacial score (nSPS) is 16.1. The van der Waals surface area contributed by atoms with Gasteiger partial charge in [-0.05, 0) is 12.1 Å². The molecule has 0 amide bonds. The summed E-state index contributed by atoms with van der Waals surface area (Å²) < 4.78 is 5.07. The van der Waals surface area contributed by atoms with Gasteiger partial charge < -0.3 is 15.0 Å². The van der Waals surface area contributed by atoms with Crippen molar-refractivity contribution in [1.29, 1.82) is 0 Å². The highest BCUT2D eigenvalue weighted by Crippen LogP contribution is 2.34. The average Bonchev–Trinajstić information content (AvgIpc) is 2.48. The van der Waals surface area contributed by atoms with Crippen molar-refractivity contribution in [2.75, 3.05) is 39.8 Å². The van der Waals surface area contributed by atoms with Crippen LogP contribution in [0.1, 0.15) is 16.8 Å². The summed E-state index contributed by atoms with van der Waals surface area (Å²) in [5, 5.41) is 3.85. The number of carbonyl (C=O) groups is 1. The molecule has 1 saturated heterocycles. The fourth-order valence-electron chi connectivity index (χ4n) is 2.23. The first kappa shape index (κ1) is 15.6. The fourth-order valence-corrected chi connectivity index (χ4v) is 2.74. The van der Waals surface area contributed by atoms with Gasteiger partial charge in [0, 0.05) is 44.7 Å². The molecule has 0 saturated carbocycles. The van der Waals surface area contributed by atoms with E-state index >= 15 is 0 Å². The Hall–Kier alpha value is -0.810. The Morgan fingerprint density at radius 3 is 2.65 bits per heavy atom. The van der Waals surface area contributed by atoms with Crippen LogP contribution in [-0.2, 0) is 0 Å². The lowest BCUT2D eigenvalue weighted by Crippen LogP contribution is -2.44. The topological polar surface area (TPSA) is 41.6 Å². The van der Waals surface area contributed by atoms with E-state index < -0.39 is 0 Å². The van der Waals surface area contributed by atoms with Crippen LogP contribution < -0.4 is 10.1 Å². The van der Waals surface area contributed by atoms with E-state index in [1.165, 1.54) is 7.11 Å². The van der Waals surface area contributed by atoms with E-state index in [1.807, 2.05) is 0 Å². The first-order chi connectivity index (χ1) is 9.63. The van der Waals surface area contributed by atoms with Gasteiger partial charge in [0.05, 0.1) is 12.1 Å². The van der Waals surface area contributed by atoms with Crippen LogP contribution in [0, 0.1) is 0 Å². The summed E-state index contributed by atoms with van der Waals surface area (Å²) in [5.74, 6) is 0.494. The van der Waals surface area contributed by atoms with Crippen molar-refractivity contribution in [2.24, 2.45) is 0 Å². The van der Waals surface area contributed by atoms with Crippen LogP contribution in [0.5, 0.6) is 5.75 Å². The number of Topliss-reactive ketones (excluding diaryl/α,β-unsaturated/α-hetero) is 1. The molecule has 6 heteroatoms. The SMILES string of the molecule is COc1ccc(C(=O)CCN2CCNCC2)c(Cl)c1Cl. The van der Waals surface area contributed by atoms with Crippen LogP contribution in [0.3, 0.4) is 0 Å². The first-order valence-electron chi connectivity index (χ1n) is 6.61. The maximum Gasteiger partial charge on any atom is 0.165 e. The molecule has 1 heterocycles. The van der Waals surface area contributed by atoms with Crippen LogP contribution in [0.2, 0.25) is 10.0 Å². The minimum atomic E-state index is 0.0121. The highest BCUT2D eigenvalue weighted by atomic mass is 35.5. The molecule has 1 aliphatic rings. The molecule has 1 N–H and O–H groups in total. The monoisotopic (exact) mass is 316 g/mol. The van der Waals surface area contributed by atoms with Crippen molar-refractivity contribution < 1.29 is 9.53 Å². The molecule has 4 nitrogen and oxygen atoms in total. The lowest BCUT2D eigenvalue weighted by Gasteiger charge is -2.26. The second kappa shape index (κ2) is 7.27. The number of hydrogen-bond donors (Lipinski definition) is 1. The number of ketones is 1. The van der Waals surface area contributed by atoms with Crippen molar-refractivity contribution in [3.05, 3.63) is 27.7 Å². The zero-order valence-corrected chi connectivity index (χ0v) is 12.9. The van der Waals surface area contributed by atoms with Crippen molar-refractivity contribution >= 4 is 29.0 Å².